The van der Waals surface area contributed by atoms with Crippen LogP contribution >= 0.6 is 11.6 Å². The summed E-state index contributed by atoms with van der Waals surface area (Å²) in [5.41, 5.74) is 1.63. The van der Waals surface area contributed by atoms with Crippen molar-refractivity contribution in [1.82, 2.24) is 10.2 Å². The topological polar surface area (TPSA) is 49.4 Å². The zero-order chi connectivity index (χ0) is 24.2. The Bertz CT molecular complexity index is 974. The molecule has 1 heterocycles. The number of hydrogen-bond acceptors (Lipinski definition) is 2. The van der Waals surface area contributed by atoms with Crippen LogP contribution in [0.5, 0.6) is 0 Å². The Labute approximate surface area is 201 Å². The Morgan fingerprint density at radius 2 is 1.82 bits per heavy atom. The molecular formula is C27H34ClFN2O2. The van der Waals surface area contributed by atoms with Gasteiger partial charge >= 0.3 is 0 Å². The average molecular weight is 473 g/mol. The second kappa shape index (κ2) is 10.7. The second-order valence-corrected chi connectivity index (χ2v) is 10.5. The third-order valence-electron chi connectivity index (χ3n) is 6.64. The van der Waals surface area contributed by atoms with Gasteiger partial charge in [-0.1, -0.05) is 69.6 Å². The SMILES string of the molecule is CC(C)[C@@H](NC(=O)CCc1ccccc1F)C(=O)N1CC[C@H](c2ccc(Cl)cc2)C(C)(C)C1. The molecule has 1 aliphatic rings. The van der Waals surface area contributed by atoms with Crippen LogP contribution in [0.1, 0.15) is 57.6 Å². The summed E-state index contributed by atoms with van der Waals surface area (Å²) in [4.78, 5) is 27.9. The van der Waals surface area contributed by atoms with Gasteiger partial charge in [0.15, 0.2) is 0 Å². The molecular weight excluding hydrogens is 439 g/mol. The van der Waals surface area contributed by atoms with Crippen molar-refractivity contribution >= 4 is 23.4 Å². The Balaban J connectivity index is 1.63. The predicted molar refractivity (Wildman–Crippen MR) is 131 cm³/mol. The van der Waals surface area contributed by atoms with Crippen LogP contribution in [0.4, 0.5) is 4.39 Å². The first-order chi connectivity index (χ1) is 15.6. The summed E-state index contributed by atoms with van der Waals surface area (Å²) < 4.78 is 13.8. The number of benzene rings is 2. The number of rotatable bonds is 7. The van der Waals surface area contributed by atoms with E-state index in [4.69, 9.17) is 11.6 Å². The van der Waals surface area contributed by atoms with E-state index in [1.54, 1.807) is 18.2 Å². The number of hydrogen-bond donors (Lipinski definition) is 1. The first kappa shape index (κ1) is 25.2. The monoisotopic (exact) mass is 472 g/mol. The molecule has 0 unspecified atom stereocenters. The smallest absolute Gasteiger partial charge is 0.245 e. The maximum atomic E-state index is 13.8. The van der Waals surface area contributed by atoms with Crippen LogP contribution in [0.3, 0.4) is 0 Å². The van der Waals surface area contributed by atoms with E-state index in [0.29, 0.717) is 31.0 Å². The molecule has 2 aromatic rings. The van der Waals surface area contributed by atoms with E-state index in [2.05, 4.69) is 31.3 Å². The van der Waals surface area contributed by atoms with Crippen molar-refractivity contribution < 1.29 is 14.0 Å². The molecule has 1 fully saturated rings. The van der Waals surface area contributed by atoms with E-state index >= 15 is 0 Å². The van der Waals surface area contributed by atoms with E-state index in [9.17, 15) is 14.0 Å². The number of amides is 2. The maximum absolute atomic E-state index is 13.8. The Morgan fingerprint density at radius 1 is 1.15 bits per heavy atom. The Kier molecular flexibility index (Phi) is 8.17. The summed E-state index contributed by atoms with van der Waals surface area (Å²) in [6.45, 7) is 9.50. The number of halogens is 2. The van der Waals surface area contributed by atoms with Gasteiger partial charge in [0.1, 0.15) is 11.9 Å². The van der Waals surface area contributed by atoms with Crippen molar-refractivity contribution in [3.8, 4) is 0 Å². The first-order valence-corrected chi connectivity index (χ1v) is 12.0. The van der Waals surface area contributed by atoms with Gasteiger partial charge in [-0.25, -0.2) is 4.39 Å². The number of piperidine rings is 1. The average Bonchev–Trinajstić information content (AvgIpc) is 2.76. The molecule has 0 saturated carbocycles. The van der Waals surface area contributed by atoms with Crippen molar-refractivity contribution in [3.05, 3.63) is 70.5 Å². The van der Waals surface area contributed by atoms with Gasteiger partial charge in [-0.3, -0.25) is 9.59 Å². The zero-order valence-electron chi connectivity index (χ0n) is 19.9. The second-order valence-electron chi connectivity index (χ2n) is 10.0. The van der Waals surface area contributed by atoms with Crippen LogP contribution in [0.2, 0.25) is 5.02 Å². The molecule has 1 saturated heterocycles. The highest BCUT2D eigenvalue weighted by Crippen LogP contribution is 2.42. The van der Waals surface area contributed by atoms with Crippen molar-refractivity contribution in [2.75, 3.05) is 13.1 Å². The summed E-state index contributed by atoms with van der Waals surface area (Å²) >= 11 is 6.05. The van der Waals surface area contributed by atoms with E-state index in [-0.39, 0.29) is 35.4 Å². The van der Waals surface area contributed by atoms with Gasteiger partial charge in [0.05, 0.1) is 0 Å². The van der Waals surface area contributed by atoms with Crippen LogP contribution in [-0.4, -0.2) is 35.8 Å². The molecule has 2 atom stereocenters. The fourth-order valence-electron chi connectivity index (χ4n) is 4.76. The molecule has 4 nitrogen and oxygen atoms in total. The molecule has 33 heavy (non-hydrogen) atoms. The van der Waals surface area contributed by atoms with Gasteiger partial charge in [-0.05, 0) is 59.4 Å². The fourth-order valence-corrected chi connectivity index (χ4v) is 4.89. The molecule has 178 valence electrons. The molecule has 6 heteroatoms. The highest BCUT2D eigenvalue weighted by atomic mass is 35.5. The van der Waals surface area contributed by atoms with Gasteiger partial charge in [0.25, 0.3) is 0 Å². The number of likely N-dealkylation sites (tertiary alicyclic amines) is 1. The molecule has 0 bridgehead atoms. The minimum Gasteiger partial charge on any atom is -0.344 e. The number of aryl methyl sites for hydroxylation is 1. The molecule has 0 spiro atoms. The molecule has 2 aromatic carbocycles. The number of nitrogens with one attached hydrogen (secondary N) is 1. The molecule has 0 aromatic heterocycles. The van der Waals surface area contributed by atoms with E-state index < -0.39 is 6.04 Å². The van der Waals surface area contributed by atoms with Gasteiger partial charge in [-0.15, -0.1) is 0 Å². The van der Waals surface area contributed by atoms with Crippen LogP contribution < -0.4 is 5.32 Å². The van der Waals surface area contributed by atoms with Gasteiger partial charge in [-0.2, -0.15) is 0 Å². The molecule has 0 aliphatic carbocycles. The van der Waals surface area contributed by atoms with Crippen molar-refractivity contribution in [2.24, 2.45) is 11.3 Å². The highest BCUT2D eigenvalue weighted by molar-refractivity contribution is 6.30. The van der Waals surface area contributed by atoms with Gasteiger partial charge < -0.3 is 10.2 Å². The minimum absolute atomic E-state index is 0.0491. The highest BCUT2D eigenvalue weighted by Gasteiger charge is 2.40. The minimum atomic E-state index is -0.596. The van der Waals surface area contributed by atoms with E-state index in [0.717, 1.165) is 11.4 Å². The molecule has 1 N–H and O–H groups in total. The van der Waals surface area contributed by atoms with Crippen LogP contribution in [-0.2, 0) is 16.0 Å². The molecule has 2 amide bonds. The van der Waals surface area contributed by atoms with Crippen molar-refractivity contribution in [3.63, 3.8) is 0 Å². The third kappa shape index (κ3) is 6.35. The summed E-state index contributed by atoms with van der Waals surface area (Å²) in [7, 11) is 0. The lowest BCUT2D eigenvalue weighted by molar-refractivity contribution is -0.140. The van der Waals surface area contributed by atoms with Crippen LogP contribution in [0, 0.1) is 17.2 Å². The Hall–Kier alpha value is -2.40. The lowest BCUT2D eigenvalue weighted by atomic mass is 9.70. The molecule has 3 rings (SSSR count). The normalized spacial score (nSPS) is 18.8. The summed E-state index contributed by atoms with van der Waals surface area (Å²) in [6.07, 6.45) is 1.30. The van der Waals surface area contributed by atoms with Gasteiger partial charge in [0, 0.05) is 24.5 Å². The summed E-state index contributed by atoms with van der Waals surface area (Å²) in [6, 6.07) is 13.8. The third-order valence-corrected chi connectivity index (χ3v) is 6.89. The summed E-state index contributed by atoms with van der Waals surface area (Å²) in [5, 5.41) is 3.63. The number of carbonyl (C=O) groups is 2. The van der Waals surface area contributed by atoms with Crippen LogP contribution in [0.15, 0.2) is 48.5 Å². The number of nitrogens with zero attached hydrogens (tertiary/aromatic N) is 1. The predicted octanol–water partition coefficient (Wildman–Crippen LogP) is 5.59. The maximum Gasteiger partial charge on any atom is 0.245 e. The quantitative estimate of drug-likeness (QED) is 0.570. The van der Waals surface area contributed by atoms with E-state index in [1.165, 1.54) is 11.6 Å². The fraction of sp³-hybridized carbons (Fsp3) is 0.481. The first-order valence-electron chi connectivity index (χ1n) is 11.7. The largest absolute Gasteiger partial charge is 0.344 e. The lowest BCUT2D eigenvalue weighted by Crippen LogP contribution is -2.55. The Morgan fingerprint density at radius 3 is 2.42 bits per heavy atom. The summed E-state index contributed by atoms with van der Waals surface area (Å²) in [5.74, 6) is -0.321. The van der Waals surface area contributed by atoms with E-state index in [1.807, 2.05) is 30.9 Å². The lowest BCUT2D eigenvalue weighted by Gasteiger charge is -2.45. The van der Waals surface area contributed by atoms with Crippen molar-refractivity contribution in [1.29, 1.82) is 0 Å². The molecule has 1 aliphatic heterocycles. The van der Waals surface area contributed by atoms with Crippen LogP contribution in [0.25, 0.3) is 0 Å². The zero-order valence-corrected chi connectivity index (χ0v) is 20.7. The van der Waals surface area contributed by atoms with Gasteiger partial charge in [0.2, 0.25) is 11.8 Å². The molecule has 0 radical (unpaired) electrons. The van der Waals surface area contributed by atoms with Crippen molar-refractivity contribution in [2.45, 2.75) is 58.9 Å². The number of carbonyl (C=O) groups excluding carboxylic acids is 2. The standard InChI is InChI=1S/C27H34ClFN2O2/c1-18(2)25(30-24(32)14-11-20-7-5-6-8-23(20)29)26(33)31-16-15-22(27(3,4)17-31)19-9-12-21(28)13-10-19/h5-10,12-13,18,22,25H,11,14-17H2,1-4H3,(H,30,32)/t22-,25-/m1/s1.